The van der Waals surface area contributed by atoms with E-state index in [4.69, 9.17) is 5.11 Å². The second-order valence-corrected chi connectivity index (χ2v) is 6.07. The number of nitrogens with zero attached hydrogens (tertiary/aromatic N) is 1. The summed E-state index contributed by atoms with van der Waals surface area (Å²) >= 11 is 0. The number of aromatic nitrogens is 1. The summed E-state index contributed by atoms with van der Waals surface area (Å²) in [7, 11) is 0. The molecule has 0 aliphatic carbocycles. The predicted octanol–water partition coefficient (Wildman–Crippen LogP) is 4.30. The van der Waals surface area contributed by atoms with Crippen LogP contribution in [0.25, 0.3) is 0 Å². The molecule has 1 aromatic rings. The van der Waals surface area contributed by atoms with Crippen LogP contribution in [-0.2, 0) is 24.2 Å². The van der Waals surface area contributed by atoms with Gasteiger partial charge in [0.15, 0.2) is 11.9 Å². The molecular formula is C19H32NO2+. The molecule has 0 fully saturated rings. The number of carboxylic acids is 1. The maximum absolute atomic E-state index is 10.9. The minimum absolute atomic E-state index is 0.126. The second kappa shape index (κ2) is 11.2. The molecule has 1 N–H and O–H groups in total. The molecule has 0 radical (unpaired) electrons. The molecule has 0 atom stereocenters. The van der Waals surface area contributed by atoms with Crippen LogP contribution in [0.4, 0.5) is 0 Å². The minimum Gasteiger partial charge on any atom is -0.481 e. The van der Waals surface area contributed by atoms with Crippen LogP contribution < -0.4 is 4.57 Å². The Morgan fingerprint density at radius 1 is 1.05 bits per heavy atom. The Hall–Kier alpha value is -1.38. The summed E-state index contributed by atoms with van der Waals surface area (Å²) in [5.41, 5.74) is 2.13. The van der Waals surface area contributed by atoms with E-state index in [1.165, 1.54) is 57.1 Å². The number of rotatable bonds is 12. The number of pyridine rings is 1. The van der Waals surface area contributed by atoms with E-state index in [0.29, 0.717) is 0 Å². The molecule has 1 aromatic heterocycles. The highest BCUT2D eigenvalue weighted by atomic mass is 16.4. The molecule has 3 heteroatoms. The summed E-state index contributed by atoms with van der Waals surface area (Å²) in [4.78, 5) is 10.9. The summed E-state index contributed by atoms with van der Waals surface area (Å²) < 4.78 is 2.25. The molecule has 124 valence electrons. The monoisotopic (exact) mass is 306 g/mol. The zero-order valence-electron chi connectivity index (χ0n) is 14.3. The molecule has 1 heterocycles. The lowest BCUT2D eigenvalue weighted by Gasteiger charge is -2.07. The van der Waals surface area contributed by atoms with Crippen molar-refractivity contribution in [3.05, 3.63) is 29.6 Å². The maximum atomic E-state index is 10.9. The number of carboxylic acid groups (broad SMARTS) is 1. The molecule has 0 saturated heterocycles. The average molecular weight is 306 g/mol. The number of carbonyl (C=O) groups is 1. The van der Waals surface area contributed by atoms with Gasteiger partial charge in [-0.15, -0.1) is 0 Å². The predicted molar refractivity (Wildman–Crippen MR) is 90.0 cm³/mol. The molecule has 3 nitrogen and oxygen atoms in total. The number of hydrogen-bond acceptors (Lipinski definition) is 1. The summed E-state index contributed by atoms with van der Waals surface area (Å²) in [6.45, 7) is 5.36. The van der Waals surface area contributed by atoms with Gasteiger partial charge in [0.05, 0.1) is 6.42 Å². The quantitative estimate of drug-likeness (QED) is 0.462. The molecule has 0 spiro atoms. The summed E-state index contributed by atoms with van der Waals surface area (Å²) in [6, 6.07) is 3.92. The van der Waals surface area contributed by atoms with Crippen molar-refractivity contribution in [3.63, 3.8) is 0 Å². The average Bonchev–Trinajstić information content (AvgIpc) is 2.49. The van der Waals surface area contributed by atoms with E-state index in [1.54, 1.807) is 0 Å². The lowest BCUT2D eigenvalue weighted by Crippen LogP contribution is -2.39. The van der Waals surface area contributed by atoms with Gasteiger partial charge in [0, 0.05) is 24.5 Å². The number of unbranched alkanes of at least 4 members (excludes halogenated alkanes) is 7. The Morgan fingerprint density at radius 3 is 2.27 bits per heavy atom. The van der Waals surface area contributed by atoms with Crippen molar-refractivity contribution in [3.8, 4) is 0 Å². The molecule has 0 aromatic carbocycles. The molecule has 22 heavy (non-hydrogen) atoms. The SMILES string of the molecule is CCCCCCCCCC[n+]1cccc(CC(=O)O)c1CC. The number of aliphatic carboxylic acids is 1. The van der Waals surface area contributed by atoms with Crippen LogP contribution in [0, 0.1) is 0 Å². The second-order valence-electron chi connectivity index (χ2n) is 6.07. The van der Waals surface area contributed by atoms with E-state index in [9.17, 15) is 4.79 Å². The third-order valence-electron chi connectivity index (χ3n) is 4.21. The van der Waals surface area contributed by atoms with Gasteiger partial charge in [-0.1, -0.05) is 52.4 Å². The number of aryl methyl sites for hydroxylation is 1. The Kier molecular flexibility index (Phi) is 9.52. The van der Waals surface area contributed by atoms with Gasteiger partial charge in [-0.05, 0) is 12.5 Å². The van der Waals surface area contributed by atoms with Crippen LogP contribution in [-0.4, -0.2) is 11.1 Å². The van der Waals surface area contributed by atoms with Crippen LogP contribution in [0.2, 0.25) is 0 Å². The fourth-order valence-corrected chi connectivity index (χ4v) is 3.01. The first-order valence-electron chi connectivity index (χ1n) is 8.91. The van der Waals surface area contributed by atoms with Gasteiger partial charge in [-0.2, -0.15) is 0 Å². The first-order chi connectivity index (χ1) is 10.7. The third-order valence-corrected chi connectivity index (χ3v) is 4.21. The smallest absolute Gasteiger partial charge is 0.308 e. The zero-order valence-corrected chi connectivity index (χ0v) is 14.3. The molecule has 0 saturated carbocycles. The largest absolute Gasteiger partial charge is 0.481 e. The van der Waals surface area contributed by atoms with E-state index in [0.717, 1.165) is 18.5 Å². The minimum atomic E-state index is -0.750. The maximum Gasteiger partial charge on any atom is 0.308 e. The Balaban J connectivity index is 2.37. The summed E-state index contributed by atoms with van der Waals surface area (Å²) in [5.74, 6) is -0.750. The van der Waals surface area contributed by atoms with Crippen molar-refractivity contribution in [2.45, 2.75) is 84.6 Å². The Labute approximate surface area is 135 Å². The summed E-state index contributed by atoms with van der Waals surface area (Å²) in [5, 5.41) is 9.00. The van der Waals surface area contributed by atoms with E-state index in [1.807, 2.05) is 12.1 Å². The molecule has 0 amide bonds. The van der Waals surface area contributed by atoms with Crippen molar-refractivity contribution in [1.29, 1.82) is 0 Å². The van der Waals surface area contributed by atoms with Crippen LogP contribution in [0.5, 0.6) is 0 Å². The first-order valence-corrected chi connectivity index (χ1v) is 8.91. The highest BCUT2D eigenvalue weighted by molar-refractivity contribution is 5.70. The normalized spacial score (nSPS) is 10.8. The molecule has 1 rings (SSSR count). The van der Waals surface area contributed by atoms with Crippen LogP contribution in [0.1, 0.15) is 76.5 Å². The van der Waals surface area contributed by atoms with Crippen LogP contribution in [0.15, 0.2) is 18.3 Å². The highest BCUT2D eigenvalue weighted by Crippen LogP contribution is 2.10. The highest BCUT2D eigenvalue weighted by Gasteiger charge is 2.15. The standard InChI is InChI=1S/C19H31NO2/c1-3-5-6-7-8-9-10-11-14-20-15-12-13-17(16-19(21)22)18(20)4-2/h12-13,15H,3-11,14,16H2,1-2H3/p+1. The van der Waals surface area contributed by atoms with Gasteiger partial charge in [0.1, 0.15) is 6.54 Å². The van der Waals surface area contributed by atoms with Gasteiger partial charge >= 0.3 is 5.97 Å². The van der Waals surface area contributed by atoms with Gasteiger partial charge in [-0.25, -0.2) is 4.57 Å². The van der Waals surface area contributed by atoms with Crippen molar-refractivity contribution in [1.82, 2.24) is 0 Å². The fraction of sp³-hybridized carbons (Fsp3) is 0.684. The topological polar surface area (TPSA) is 41.2 Å². The summed E-state index contributed by atoms with van der Waals surface area (Å²) in [6.07, 6.45) is 13.7. The lowest BCUT2D eigenvalue weighted by atomic mass is 10.1. The van der Waals surface area contributed by atoms with Crippen molar-refractivity contribution >= 4 is 5.97 Å². The van der Waals surface area contributed by atoms with Crippen molar-refractivity contribution in [2.24, 2.45) is 0 Å². The van der Waals surface area contributed by atoms with Gasteiger partial charge in [-0.3, -0.25) is 4.79 Å². The molecule has 0 aliphatic heterocycles. The molecular weight excluding hydrogens is 274 g/mol. The molecule has 0 unspecified atom stereocenters. The third kappa shape index (κ3) is 7.06. The van der Waals surface area contributed by atoms with E-state index in [-0.39, 0.29) is 6.42 Å². The van der Waals surface area contributed by atoms with Crippen molar-refractivity contribution < 1.29 is 14.5 Å². The fourth-order valence-electron chi connectivity index (χ4n) is 3.01. The van der Waals surface area contributed by atoms with Gasteiger partial charge in [0.2, 0.25) is 0 Å². The van der Waals surface area contributed by atoms with E-state index in [2.05, 4.69) is 24.6 Å². The van der Waals surface area contributed by atoms with Crippen LogP contribution >= 0.6 is 0 Å². The Bertz CT molecular complexity index is 443. The molecule has 0 bridgehead atoms. The Morgan fingerprint density at radius 2 is 1.68 bits per heavy atom. The molecule has 0 aliphatic rings. The lowest BCUT2D eigenvalue weighted by molar-refractivity contribution is -0.704. The van der Waals surface area contributed by atoms with E-state index >= 15 is 0 Å². The van der Waals surface area contributed by atoms with Crippen LogP contribution in [0.3, 0.4) is 0 Å². The number of hydrogen-bond donors (Lipinski definition) is 1. The van der Waals surface area contributed by atoms with Crippen molar-refractivity contribution in [2.75, 3.05) is 0 Å². The van der Waals surface area contributed by atoms with Gasteiger partial charge < -0.3 is 5.11 Å². The van der Waals surface area contributed by atoms with Gasteiger partial charge in [0.25, 0.3) is 0 Å². The van der Waals surface area contributed by atoms with E-state index < -0.39 is 5.97 Å². The zero-order chi connectivity index (χ0) is 16.2. The first kappa shape index (κ1) is 18.7.